The maximum absolute atomic E-state index is 12.9. The Morgan fingerprint density at radius 2 is 1.35 bits per heavy atom. The van der Waals surface area contributed by atoms with Gasteiger partial charge in [-0.2, -0.15) is 5.26 Å². The van der Waals surface area contributed by atoms with Crippen molar-refractivity contribution in [3.63, 3.8) is 0 Å². The summed E-state index contributed by atoms with van der Waals surface area (Å²) in [4.78, 5) is 48.7. The van der Waals surface area contributed by atoms with Crippen molar-refractivity contribution < 1.29 is 52.3 Å². The van der Waals surface area contributed by atoms with E-state index in [-0.39, 0.29) is 36.7 Å². The van der Waals surface area contributed by atoms with Gasteiger partial charge in [-0.15, -0.1) is 0 Å². The molecule has 0 saturated carbocycles. The molecular weight excluding hydrogens is 622 g/mol. The minimum Gasteiger partial charge on any atom is -0.494 e. The van der Waals surface area contributed by atoms with E-state index in [9.17, 15) is 24.4 Å². The minimum absolute atomic E-state index is 0.0904. The lowest BCUT2D eigenvalue weighted by molar-refractivity contribution is -0.163. The van der Waals surface area contributed by atoms with Crippen molar-refractivity contribution in [1.82, 2.24) is 0 Å². The Morgan fingerprint density at radius 1 is 0.792 bits per heavy atom. The number of rotatable bonds is 15. The highest BCUT2D eigenvalue weighted by molar-refractivity contribution is 5.94. The molecule has 0 aromatic heterocycles. The number of hydrogen-bond acceptors (Lipinski definition) is 12. The van der Waals surface area contributed by atoms with Crippen LogP contribution in [0.1, 0.15) is 54.5 Å². The zero-order valence-electron chi connectivity index (χ0n) is 26.5. The maximum atomic E-state index is 12.9. The van der Waals surface area contributed by atoms with Gasteiger partial charge in [-0.3, -0.25) is 0 Å². The SMILES string of the molecule is C=CC(=O)OCCCCOc1ccc(C(=O)Oc2ccc(-c3ccc(C4O[C@@H](C(=O)OCC)[C@H](C(=O)OCC)O4)cc3)cc2)c(C#N)c1. The van der Waals surface area contributed by atoms with E-state index in [1.165, 1.54) is 12.1 Å². The van der Waals surface area contributed by atoms with Gasteiger partial charge in [-0.05, 0) is 68.1 Å². The molecule has 1 fully saturated rings. The molecule has 1 aliphatic heterocycles. The van der Waals surface area contributed by atoms with Gasteiger partial charge in [-0.1, -0.05) is 43.0 Å². The fraction of sp³-hybridized carbons (Fsp3) is 0.306. The van der Waals surface area contributed by atoms with Crippen LogP contribution in [0.3, 0.4) is 0 Å². The molecule has 4 rings (SSSR count). The Balaban J connectivity index is 1.34. The van der Waals surface area contributed by atoms with Gasteiger partial charge in [0, 0.05) is 11.6 Å². The van der Waals surface area contributed by atoms with Crippen LogP contribution in [0.5, 0.6) is 11.5 Å². The summed E-state index contributed by atoms with van der Waals surface area (Å²) < 4.78 is 37.7. The molecular formula is C36H35NO11. The van der Waals surface area contributed by atoms with E-state index in [2.05, 4.69) is 6.58 Å². The standard InChI is InChI=1S/C36H35NO11/c1-4-30(38)45-20-8-7-19-44-28-17-18-29(26(21-28)22-37)33(39)46-27-15-13-24(14-16-27)23-9-11-25(12-10-23)36-47-31(34(40)42-5-2)32(48-36)35(41)43-6-3/h4,9-18,21,31-32,36H,1,5-8,19-20H2,2-3H3/t31-,32-/m1/s1. The number of unbranched alkanes of at least 4 members (excludes halogenated alkanes) is 1. The topological polar surface area (TPSA) is 157 Å². The summed E-state index contributed by atoms with van der Waals surface area (Å²) in [7, 11) is 0. The Labute approximate surface area is 277 Å². The molecule has 0 radical (unpaired) electrons. The molecule has 1 aliphatic rings. The molecule has 0 spiro atoms. The fourth-order valence-electron chi connectivity index (χ4n) is 4.62. The van der Waals surface area contributed by atoms with Crippen molar-refractivity contribution in [3.05, 3.63) is 96.1 Å². The summed E-state index contributed by atoms with van der Waals surface area (Å²) in [5.74, 6) is -1.89. The summed E-state index contributed by atoms with van der Waals surface area (Å²) in [6.07, 6.45) is -1.17. The largest absolute Gasteiger partial charge is 0.494 e. The van der Waals surface area contributed by atoms with Gasteiger partial charge in [0.05, 0.1) is 37.6 Å². The lowest BCUT2D eigenvalue weighted by Gasteiger charge is -2.13. The molecule has 12 nitrogen and oxygen atoms in total. The Kier molecular flexibility index (Phi) is 12.8. The second kappa shape index (κ2) is 17.4. The molecule has 0 amide bonds. The van der Waals surface area contributed by atoms with Crippen LogP contribution < -0.4 is 9.47 Å². The molecule has 0 aliphatic carbocycles. The van der Waals surface area contributed by atoms with Crippen LogP contribution in [0, 0.1) is 11.3 Å². The van der Waals surface area contributed by atoms with Gasteiger partial charge in [0.2, 0.25) is 0 Å². The first kappa shape index (κ1) is 35.3. The summed E-state index contributed by atoms with van der Waals surface area (Å²) >= 11 is 0. The van der Waals surface area contributed by atoms with E-state index >= 15 is 0 Å². The third-order valence-corrected chi connectivity index (χ3v) is 6.98. The van der Waals surface area contributed by atoms with Crippen LogP contribution >= 0.6 is 0 Å². The van der Waals surface area contributed by atoms with Crippen molar-refractivity contribution in [1.29, 1.82) is 5.26 Å². The van der Waals surface area contributed by atoms with E-state index in [4.69, 9.17) is 33.2 Å². The van der Waals surface area contributed by atoms with Gasteiger partial charge in [0.1, 0.15) is 17.6 Å². The minimum atomic E-state index is -1.25. The third-order valence-electron chi connectivity index (χ3n) is 6.98. The van der Waals surface area contributed by atoms with Crippen molar-refractivity contribution in [2.75, 3.05) is 26.4 Å². The highest BCUT2D eigenvalue weighted by Gasteiger charge is 2.47. The van der Waals surface area contributed by atoms with Gasteiger partial charge >= 0.3 is 23.9 Å². The number of carbonyl (C=O) groups excluding carboxylic acids is 4. The summed E-state index contributed by atoms with van der Waals surface area (Å²) in [5, 5.41) is 9.62. The first-order chi connectivity index (χ1) is 23.3. The summed E-state index contributed by atoms with van der Waals surface area (Å²) in [5.41, 5.74) is 2.43. The normalized spacial score (nSPS) is 15.5. The van der Waals surface area contributed by atoms with Gasteiger partial charge in [0.25, 0.3) is 0 Å². The number of nitriles is 1. The predicted molar refractivity (Wildman–Crippen MR) is 170 cm³/mol. The maximum Gasteiger partial charge on any atom is 0.344 e. The molecule has 0 bridgehead atoms. The van der Waals surface area contributed by atoms with Crippen LogP contribution in [0.25, 0.3) is 11.1 Å². The van der Waals surface area contributed by atoms with Gasteiger partial charge in [-0.25, -0.2) is 19.2 Å². The first-order valence-corrected chi connectivity index (χ1v) is 15.3. The number of carbonyl (C=O) groups is 4. The van der Waals surface area contributed by atoms with Crippen molar-refractivity contribution >= 4 is 23.9 Å². The average molecular weight is 658 g/mol. The second-order valence-electron chi connectivity index (χ2n) is 10.2. The monoisotopic (exact) mass is 657 g/mol. The highest BCUT2D eigenvalue weighted by Crippen LogP contribution is 2.34. The van der Waals surface area contributed by atoms with Crippen LogP contribution in [-0.4, -0.2) is 62.5 Å². The van der Waals surface area contributed by atoms with E-state index in [0.717, 1.165) is 17.2 Å². The zero-order chi connectivity index (χ0) is 34.5. The first-order valence-electron chi connectivity index (χ1n) is 15.3. The van der Waals surface area contributed by atoms with Crippen molar-refractivity contribution in [2.45, 2.75) is 45.2 Å². The number of esters is 4. The Bertz CT molecular complexity index is 1620. The van der Waals surface area contributed by atoms with Crippen LogP contribution in [0.4, 0.5) is 0 Å². The van der Waals surface area contributed by atoms with E-state index < -0.39 is 42.4 Å². The second-order valence-corrected chi connectivity index (χ2v) is 10.2. The zero-order valence-corrected chi connectivity index (χ0v) is 26.5. The molecule has 0 unspecified atom stereocenters. The van der Waals surface area contributed by atoms with Crippen LogP contribution in [0.2, 0.25) is 0 Å². The van der Waals surface area contributed by atoms with E-state index in [0.29, 0.717) is 30.8 Å². The van der Waals surface area contributed by atoms with Gasteiger partial charge < -0.3 is 33.2 Å². The summed E-state index contributed by atoms with van der Waals surface area (Å²) in [6, 6.07) is 20.5. The molecule has 250 valence electrons. The molecule has 3 aromatic carbocycles. The third kappa shape index (κ3) is 9.28. The number of ether oxygens (including phenoxy) is 7. The van der Waals surface area contributed by atoms with Crippen molar-refractivity contribution in [2.24, 2.45) is 0 Å². The lowest BCUT2D eigenvalue weighted by atomic mass is 10.0. The lowest BCUT2D eigenvalue weighted by Crippen LogP contribution is -2.39. The summed E-state index contributed by atoms with van der Waals surface area (Å²) in [6.45, 7) is 7.47. The molecule has 2 atom stereocenters. The average Bonchev–Trinajstić information content (AvgIpc) is 3.56. The number of benzene rings is 3. The molecule has 12 heteroatoms. The fourth-order valence-corrected chi connectivity index (χ4v) is 4.62. The highest BCUT2D eigenvalue weighted by atomic mass is 16.8. The smallest absolute Gasteiger partial charge is 0.344 e. The molecule has 3 aromatic rings. The molecule has 0 N–H and O–H groups in total. The van der Waals surface area contributed by atoms with Gasteiger partial charge in [0.15, 0.2) is 18.5 Å². The quantitative estimate of drug-likeness (QED) is 0.0689. The number of nitrogens with zero attached hydrogens (tertiary/aromatic N) is 1. The Hall–Kier alpha value is -5.51. The predicted octanol–water partition coefficient (Wildman–Crippen LogP) is 5.24. The molecule has 48 heavy (non-hydrogen) atoms. The van der Waals surface area contributed by atoms with E-state index in [1.54, 1.807) is 56.3 Å². The molecule has 1 heterocycles. The number of hydrogen-bond donors (Lipinski definition) is 0. The molecule has 1 saturated heterocycles. The van der Waals surface area contributed by atoms with Crippen LogP contribution in [-0.2, 0) is 38.1 Å². The van der Waals surface area contributed by atoms with Crippen LogP contribution in [0.15, 0.2) is 79.4 Å². The van der Waals surface area contributed by atoms with E-state index in [1.807, 2.05) is 18.2 Å². The Morgan fingerprint density at radius 3 is 1.92 bits per heavy atom. The van der Waals surface area contributed by atoms with Crippen molar-refractivity contribution in [3.8, 4) is 28.7 Å².